The van der Waals surface area contributed by atoms with E-state index in [-0.39, 0.29) is 12.8 Å². The van der Waals surface area contributed by atoms with Gasteiger partial charge in [0.25, 0.3) is 6.29 Å². The van der Waals surface area contributed by atoms with Crippen LogP contribution in [-0.2, 0) is 28.6 Å². The topological polar surface area (TPSA) is 119 Å². The van der Waals surface area contributed by atoms with E-state index in [0.29, 0.717) is 0 Å². The molecular formula is C15H18O8. The molecule has 6 atom stereocenters. The molecule has 4 fully saturated rings. The minimum Gasteiger partial charge on any atom is -0.461 e. The first-order chi connectivity index (χ1) is 10.5. The maximum atomic E-state index is 12.6. The number of esters is 3. The maximum absolute atomic E-state index is 12.6. The van der Waals surface area contributed by atoms with Gasteiger partial charge in [0.15, 0.2) is 6.10 Å². The van der Waals surface area contributed by atoms with Gasteiger partial charge in [-0.05, 0) is 5.41 Å². The fourth-order valence-electron chi connectivity index (χ4n) is 5.15. The third-order valence-corrected chi connectivity index (χ3v) is 6.22. The number of ether oxygens (including phenoxy) is 3. The predicted molar refractivity (Wildman–Crippen MR) is 70.4 cm³/mol. The molecule has 1 saturated carbocycles. The van der Waals surface area contributed by atoms with Crippen LogP contribution in [0.25, 0.3) is 0 Å². The second-order valence-corrected chi connectivity index (χ2v) is 7.89. The third-order valence-electron chi connectivity index (χ3n) is 6.22. The van der Waals surface area contributed by atoms with Crippen molar-refractivity contribution in [3.63, 3.8) is 0 Å². The summed E-state index contributed by atoms with van der Waals surface area (Å²) in [6.45, 7) is 5.19. The molecule has 0 amide bonds. The highest BCUT2D eigenvalue weighted by molar-refractivity contribution is 5.94. The van der Waals surface area contributed by atoms with Crippen LogP contribution in [0.15, 0.2) is 0 Å². The molecule has 0 aromatic rings. The molecule has 3 saturated heterocycles. The van der Waals surface area contributed by atoms with Crippen LogP contribution in [0.3, 0.4) is 0 Å². The molecule has 126 valence electrons. The molecule has 3 unspecified atom stereocenters. The number of aliphatic hydroxyl groups excluding tert-OH is 1. The van der Waals surface area contributed by atoms with Crippen LogP contribution in [0.5, 0.6) is 0 Å². The molecule has 1 aliphatic carbocycles. The van der Waals surface area contributed by atoms with Crippen LogP contribution in [0.4, 0.5) is 0 Å². The molecule has 0 bridgehead atoms. The molecule has 0 radical (unpaired) electrons. The SMILES string of the molecule is CC(C)(C)C1(O)C[C@@H]2OC(=O)CC23C(=O)O[C@@H]2OC(=O)[C@H](O)C231. The Morgan fingerprint density at radius 3 is 2.39 bits per heavy atom. The summed E-state index contributed by atoms with van der Waals surface area (Å²) in [6, 6.07) is 0. The second kappa shape index (κ2) is 3.70. The van der Waals surface area contributed by atoms with Crippen LogP contribution in [0.1, 0.15) is 33.6 Å². The van der Waals surface area contributed by atoms with Gasteiger partial charge in [0.05, 0.1) is 12.0 Å². The number of hydrogen-bond acceptors (Lipinski definition) is 8. The van der Waals surface area contributed by atoms with E-state index in [1.807, 2.05) is 0 Å². The highest BCUT2D eigenvalue weighted by Crippen LogP contribution is 2.75. The minimum atomic E-state index is -1.78. The van der Waals surface area contributed by atoms with Crippen molar-refractivity contribution in [1.29, 1.82) is 0 Å². The van der Waals surface area contributed by atoms with Crippen LogP contribution in [-0.4, -0.2) is 52.2 Å². The first-order valence-corrected chi connectivity index (χ1v) is 7.54. The fraction of sp³-hybridized carbons (Fsp3) is 0.800. The van der Waals surface area contributed by atoms with Gasteiger partial charge in [0.1, 0.15) is 16.9 Å². The number of carbonyl (C=O) groups excluding carboxylic acids is 3. The molecular weight excluding hydrogens is 308 g/mol. The van der Waals surface area contributed by atoms with E-state index in [1.54, 1.807) is 20.8 Å². The van der Waals surface area contributed by atoms with Crippen molar-refractivity contribution in [2.45, 2.75) is 57.7 Å². The van der Waals surface area contributed by atoms with Gasteiger partial charge in [-0.25, -0.2) is 4.79 Å². The second-order valence-electron chi connectivity index (χ2n) is 7.89. The first-order valence-electron chi connectivity index (χ1n) is 7.54. The van der Waals surface area contributed by atoms with Gasteiger partial charge in [-0.2, -0.15) is 0 Å². The molecule has 23 heavy (non-hydrogen) atoms. The van der Waals surface area contributed by atoms with Gasteiger partial charge in [-0.1, -0.05) is 20.8 Å². The van der Waals surface area contributed by atoms with Crippen LogP contribution < -0.4 is 0 Å². The Morgan fingerprint density at radius 1 is 1.13 bits per heavy atom. The lowest BCUT2D eigenvalue weighted by atomic mass is 9.52. The molecule has 2 spiro atoms. The van der Waals surface area contributed by atoms with Gasteiger partial charge in [-0.15, -0.1) is 0 Å². The van der Waals surface area contributed by atoms with E-state index in [4.69, 9.17) is 14.2 Å². The lowest BCUT2D eigenvalue weighted by molar-refractivity contribution is -0.224. The number of rotatable bonds is 0. The van der Waals surface area contributed by atoms with Crippen molar-refractivity contribution in [3.05, 3.63) is 0 Å². The van der Waals surface area contributed by atoms with Crippen molar-refractivity contribution in [2.24, 2.45) is 16.2 Å². The van der Waals surface area contributed by atoms with E-state index in [0.717, 1.165) is 0 Å². The van der Waals surface area contributed by atoms with Crippen molar-refractivity contribution in [2.75, 3.05) is 0 Å². The molecule has 3 aliphatic heterocycles. The zero-order valence-corrected chi connectivity index (χ0v) is 13.0. The Balaban J connectivity index is 2.05. The summed E-state index contributed by atoms with van der Waals surface area (Å²) in [5.41, 5.74) is -5.91. The summed E-state index contributed by atoms with van der Waals surface area (Å²) in [6.07, 6.45) is -4.58. The van der Waals surface area contributed by atoms with E-state index in [9.17, 15) is 24.6 Å². The number of aliphatic hydroxyl groups is 2. The monoisotopic (exact) mass is 326 g/mol. The Morgan fingerprint density at radius 2 is 1.78 bits per heavy atom. The summed E-state index contributed by atoms with van der Waals surface area (Å²) in [4.78, 5) is 36.5. The Kier molecular flexibility index (Phi) is 2.39. The van der Waals surface area contributed by atoms with Crippen LogP contribution >= 0.6 is 0 Å². The van der Waals surface area contributed by atoms with Crippen molar-refractivity contribution in [1.82, 2.24) is 0 Å². The smallest absolute Gasteiger partial charge is 0.339 e. The van der Waals surface area contributed by atoms with Gasteiger partial charge >= 0.3 is 17.9 Å². The van der Waals surface area contributed by atoms with Gasteiger partial charge in [-0.3, -0.25) is 9.59 Å². The van der Waals surface area contributed by atoms with Gasteiger partial charge in [0, 0.05) is 6.42 Å². The molecule has 8 heteroatoms. The standard InChI is InChI=1S/C15H18O8/c1-12(2,3)14(20)4-6-13(5-7(16)21-6)10(19)23-11-15(13,14)8(17)9(18)22-11/h6,8,11,17,20H,4-5H2,1-3H3/t6-,8-,11-,13?,14?,15?/m0/s1. The van der Waals surface area contributed by atoms with E-state index in [1.165, 1.54) is 0 Å². The molecule has 0 aromatic heterocycles. The minimum absolute atomic E-state index is 0.0679. The van der Waals surface area contributed by atoms with Gasteiger partial charge in [0.2, 0.25) is 0 Å². The Bertz CT molecular complexity index is 650. The maximum Gasteiger partial charge on any atom is 0.339 e. The van der Waals surface area contributed by atoms with E-state index < -0.39 is 58.3 Å². The van der Waals surface area contributed by atoms with Crippen LogP contribution in [0.2, 0.25) is 0 Å². The Hall–Kier alpha value is -1.67. The van der Waals surface area contributed by atoms with Crippen molar-refractivity contribution in [3.8, 4) is 0 Å². The number of carbonyl (C=O) groups is 3. The molecule has 3 heterocycles. The highest BCUT2D eigenvalue weighted by Gasteiger charge is 2.92. The summed E-state index contributed by atoms with van der Waals surface area (Å²) in [5, 5.41) is 22.2. The van der Waals surface area contributed by atoms with E-state index in [2.05, 4.69) is 0 Å². The predicted octanol–water partition coefficient (Wildman–Crippen LogP) is -0.744. The molecule has 0 aromatic carbocycles. The van der Waals surface area contributed by atoms with Crippen LogP contribution in [0, 0.1) is 16.2 Å². The zero-order valence-electron chi connectivity index (χ0n) is 13.0. The summed E-state index contributed by atoms with van der Waals surface area (Å²) in [7, 11) is 0. The molecule has 8 nitrogen and oxygen atoms in total. The lowest BCUT2D eigenvalue weighted by Crippen LogP contribution is -2.65. The van der Waals surface area contributed by atoms with Crippen molar-refractivity contribution >= 4 is 17.9 Å². The zero-order chi connectivity index (χ0) is 17.0. The first kappa shape index (κ1) is 14.9. The molecule has 4 aliphatic rings. The fourth-order valence-corrected chi connectivity index (χ4v) is 5.15. The number of hydrogen-bond donors (Lipinski definition) is 2. The normalized spacial score (nSPS) is 51.0. The average Bonchev–Trinajstić information content (AvgIpc) is 3.00. The summed E-state index contributed by atoms with van der Waals surface area (Å²) < 4.78 is 15.5. The average molecular weight is 326 g/mol. The van der Waals surface area contributed by atoms with Gasteiger partial charge < -0.3 is 24.4 Å². The largest absolute Gasteiger partial charge is 0.461 e. The Labute approximate surface area is 131 Å². The third kappa shape index (κ3) is 1.20. The summed E-state index contributed by atoms with van der Waals surface area (Å²) in [5.74, 6) is -2.36. The lowest BCUT2D eigenvalue weighted by Gasteiger charge is -2.49. The highest BCUT2D eigenvalue weighted by atomic mass is 16.7. The van der Waals surface area contributed by atoms with Crippen molar-refractivity contribution < 1.29 is 38.8 Å². The molecule has 2 N–H and O–H groups in total. The van der Waals surface area contributed by atoms with E-state index >= 15 is 0 Å². The summed E-state index contributed by atoms with van der Waals surface area (Å²) >= 11 is 0. The quantitative estimate of drug-likeness (QED) is 0.558. The molecule has 4 rings (SSSR count).